The van der Waals surface area contributed by atoms with Gasteiger partial charge < -0.3 is 78.2 Å². The number of ether oxygens (including phenoxy) is 10. The summed E-state index contributed by atoms with van der Waals surface area (Å²) < 4.78 is 55.5. The number of carboxylic acids is 3. The van der Waals surface area contributed by atoms with Crippen molar-refractivity contribution in [3.63, 3.8) is 0 Å². The molecule has 9 rings (SSSR count). The van der Waals surface area contributed by atoms with E-state index in [0.29, 0.717) is 18.6 Å². The Morgan fingerprint density at radius 1 is 0.504 bits per heavy atom. The van der Waals surface area contributed by atoms with Gasteiger partial charge in [0.15, 0.2) is 23.0 Å². The Morgan fingerprint density at radius 2 is 0.832 bits per heavy atom. The van der Waals surface area contributed by atoms with E-state index in [1.165, 1.54) is 22.3 Å². The molecule has 0 saturated carbocycles. The number of cyclic esters (lactones) is 2. The van der Waals surface area contributed by atoms with Crippen LogP contribution in [0.1, 0.15) is 243 Å². The Bertz CT molecular complexity index is 3850. The third kappa shape index (κ3) is 34.4. The van der Waals surface area contributed by atoms with Crippen molar-refractivity contribution in [1.82, 2.24) is 9.80 Å². The molecule has 7 aliphatic rings. The average Bonchev–Trinajstić information content (AvgIpc) is 1.57. The lowest BCUT2D eigenvalue weighted by Crippen LogP contribution is -2.43. The van der Waals surface area contributed by atoms with Gasteiger partial charge in [-0.25, -0.2) is 0 Å². The van der Waals surface area contributed by atoms with E-state index in [1.54, 1.807) is 69.6 Å². The number of nitrogens with two attached hydrogens (primary N) is 1. The van der Waals surface area contributed by atoms with Crippen LogP contribution >= 0.6 is 40.5 Å². The molecule has 5 N–H and O–H groups in total. The minimum Gasteiger partial charge on any atom is -0.493 e. The van der Waals surface area contributed by atoms with Crippen LogP contribution in [-0.2, 0) is 115 Å². The summed E-state index contributed by atoms with van der Waals surface area (Å²) in [4.78, 5) is 153. The van der Waals surface area contributed by atoms with Gasteiger partial charge in [0.2, 0.25) is 0 Å². The smallest absolute Gasteiger partial charge is 0.323 e. The topological polar surface area (TPSA) is 407 Å². The molecule has 119 heavy (non-hydrogen) atoms. The first-order chi connectivity index (χ1) is 53.7. The van der Waals surface area contributed by atoms with E-state index in [4.69, 9.17) is 63.4 Å². The number of hydrogen-bond acceptors (Lipinski definition) is 26. The molecule has 2 aliphatic carbocycles. The molecular formula is C87H135N3O26S3. The van der Waals surface area contributed by atoms with Crippen LogP contribution in [0.5, 0.6) is 23.0 Å². The van der Waals surface area contributed by atoms with Crippen LogP contribution in [0.2, 0.25) is 0 Å². The van der Waals surface area contributed by atoms with Gasteiger partial charge in [-0.3, -0.25) is 62.3 Å². The lowest BCUT2D eigenvalue weighted by atomic mass is 9.69. The Balaban J connectivity index is 0.000000803. The van der Waals surface area contributed by atoms with Crippen molar-refractivity contribution < 1.29 is 125 Å². The summed E-state index contributed by atoms with van der Waals surface area (Å²) in [5.41, 5.74) is 8.20. The van der Waals surface area contributed by atoms with Gasteiger partial charge in [0.05, 0.1) is 74.9 Å². The lowest BCUT2D eigenvalue weighted by Gasteiger charge is -2.36. The molecule has 10 atom stereocenters. The Morgan fingerprint density at radius 3 is 1.12 bits per heavy atom. The number of carbonyl (C=O) groups is 13. The maximum atomic E-state index is 12.7. The third-order valence-electron chi connectivity index (χ3n) is 20.3. The summed E-state index contributed by atoms with van der Waals surface area (Å²) in [6.45, 7) is 35.7. The molecule has 0 bridgehead atoms. The largest absolute Gasteiger partial charge is 0.493 e. The number of methoxy groups -OCH3 is 2. The number of Topliss-reactive ketones (excluding diaryl/α,β-unsaturated/α-hetero) is 3. The van der Waals surface area contributed by atoms with Crippen molar-refractivity contribution in [2.45, 2.75) is 292 Å². The second-order valence-electron chi connectivity index (χ2n) is 35.0. The fourth-order valence-corrected chi connectivity index (χ4v) is 14.2. The van der Waals surface area contributed by atoms with E-state index in [0.717, 1.165) is 63.2 Å². The molecule has 2 aromatic carbocycles. The van der Waals surface area contributed by atoms with E-state index in [-0.39, 0.29) is 187 Å². The number of carbonyl (C=O) groups excluding carboxylic acids is 10. The zero-order valence-electron chi connectivity index (χ0n) is 73.7. The fourth-order valence-electron chi connectivity index (χ4n) is 14.2. The first-order valence-corrected chi connectivity index (χ1v) is 40.0. The maximum absolute atomic E-state index is 12.7. The SMILES string of the molecule is CC(=O)O.CC(C)[C@H](CC(=O)CCC(=O)O)C(=O)OC(C)(C)C.CC(C)[C@H](N)C(=O)OC(C)(C)C.COc1ccc2c3c1O[C@H]1C[C@@H](OC(=O)CCC(=O)C[C@H](C(=O)O)C(C)C)C=C[C@@]31CCN(C)C2.COc1ccc2c3c1O[C@H]1C[C@@H](OC(=O)CCC(=O)C[C@H](C(=O)OC(C)(C)C)C(C)C)C=C[C@@]31CCN(C)C2.O=C1CCC(=O)O1.S.S.S. The van der Waals surface area contributed by atoms with Gasteiger partial charge in [0, 0.05) is 82.5 Å². The minimum atomic E-state index is -1.01. The van der Waals surface area contributed by atoms with Crippen LogP contribution in [0.15, 0.2) is 48.6 Å². The van der Waals surface area contributed by atoms with Gasteiger partial charge in [-0.05, 0) is 161 Å². The Hall–Kier alpha value is -8.04. The minimum absolute atomic E-state index is 0. The fraction of sp³-hybridized carbons (Fsp3) is 0.667. The molecule has 0 aromatic heterocycles. The van der Waals surface area contributed by atoms with E-state index < -0.39 is 101 Å². The quantitative estimate of drug-likeness (QED) is 0.0279. The summed E-state index contributed by atoms with van der Waals surface area (Å²) in [6.07, 6.45) is 10.1. The highest BCUT2D eigenvalue weighted by molar-refractivity contribution is 7.59. The summed E-state index contributed by atoms with van der Waals surface area (Å²) in [5.74, 6) is -5.09. The summed E-state index contributed by atoms with van der Waals surface area (Å²) >= 11 is 0. The predicted octanol–water partition coefficient (Wildman–Crippen LogP) is 12.3. The first-order valence-electron chi connectivity index (χ1n) is 40.0. The number of nitrogens with zero attached hydrogens (tertiary/aromatic N) is 2. The molecule has 0 amide bonds. The molecular weight excluding hydrogens is 1600 g/mol. The number of rotatable bonds is 27. The third-order valence-corrected chi connectivity index (χ3v) is 20.3. The molecule has 5 heterocycles. The van der Waals surface area contributed by atoms with Gasteiger partial charge in [0.1, 0.15) is 64.6 Å². The van der Waals surface area contributed by atoms with E-state index in [2.05, 4.69) is 52.9 Å². The number of benzene rings is 2. The van der Waals surface area contributed by atoms with Gasteiger partial charge in [-0.1, -0.05) is 79.7 Å². The van der Waals surface area contributed by atoms with Crippen LogP contribution in [0.25, 0.3) is 0 Å². The van der Waals surface area contributed by atoms with Crippen molar-refractivity contribution >= 4 is 118 Å². The number of esters is 7. The normalized spacial score (nSPS) is 20.6. The van der Waals surface area contributed by atoms with Crippen molar-refractivity contribution in [2.75, 3.05) is 41.4 Å². The number of hydrogen-bond donors (Lipinski definition) is 4. The molecule has 2 aromatic rings. The molecule has 672 valence electrons. The Labute approximate surface area is 723 Å². The lowest BCUT2D eigenvalue weighted by molar-refractivity contribution is -0.163. The molecule has 0 unspecified atom stereocenters. The highest BCUT2D eigenvalue weighted by Gasteiger charge is 2.55. The van der Waals surface area contributed by atoms with Crippen molar-refractivity contribution in [1.29, 1.82) is 0 Å². The molecule has 32 heteroatoms. The van der Waals surface area contributed by atoms with Crippen molar-refractivity contribution in [3.8, 4) is 23.0 Å². The van der Waals surface area contributed by atoms with Crippen LogP contribution in [-0.4, -0.2) is 191 Å². The number of carboxylic acid groups (broad SMARTS) is 3. The molecule has 2 spiro atoms. The van der Waals surface area contributed by atoms with Crippen LogP contribution in [0.3, 0.4) is 0 Å². The summed E-state index contributed by atoms with van der Waals surface area (Å²) in [6, 6.07) is 7.63. The van der Waals surface area contributed by atoms with E-state index in [9.17, 15) is 62.6 Å². The number of ketones is 3. The number of aliphatic carboxylic acids is 3. The first kappa shape index (κ1) is 109. The highest BCUT2D eigenvalue weighted by Crippen LogP contribution is 2.58. The van der Waals surface area contributed by atoms with Crippen molar-refractivity contribution in [2.24, 2.45) is 47.2 Å². The second-order valence-corrected chi connectivity index (χ2v) is 35.0. The standard InChI is InChI=1S/C31H43NO7.C27H35NO7.C14H24O5.C9H19NO2.C4H4O3.C2H4O2.3H2S/c1-19(2)23(29(35)39-30(3,4)5)16-21(33)9-11-26(34)37-22-12-13-31-14-15-32(6)18-20-8-10-24(36-7)28(27(20)31)38-25(31)17-22;1-16(2)20(26(31)32)13-18(29)6-8-23(30)34-19-9-10-27-11-12-28(3)15-17-5-7-21(33-4)25(24(17)27)35-22(27)14-19;1-9(2)11(13(18)19-14(3,4)5)8-10(15)6-7-12(16)17;1-6(2)7(10)8(11)12-9(3,4)5;5-3-1-2-4(6)7-3;1-2(3)4;;;/h8,10,12-13,19,22-23,25H,9,11,14-18H2,1-7H3;5,7,9-10,16,19-20,22H,6,8,11-15H2,1-4H3,(H,31,32);9,11H,6-8H2,1-5H3,(H,16,17);6-7H,10H2,1-5H3;1-2H2;1H3,(H,3,4);3*1H2/t22-,23-,25-,31-;19-,20-,22-,27-;11-;7-;;;;;/m0000...../s1. The maximum Gasteiger partial charge on any atom is 0.323 e. The molecule has 1 fully saturated rings. The second kappa shape index (κ2) is 48.6. The predicted molar refractivity (Wildman–Crippen MR) is 459 cm³/mol. The molecule has 5 aliphatic heterocycles. The monoisotopic (exact) mass is 1730 g/mol. The van der Waals surface area contributed by atoms with Gasteiger partial charge in [-0.2, -0.15) is 40.5 Å². The van der Waals surface area contributed by atoms with Crippen molar-refractivity contribution in [3.05, 3.63) is 70.8 Å². The van der Waals surface area contributed by atoms with E-state index in [1.807, 2.05) is 86.6 Å². The van der Waals surface area contributed by atoms with Crippen LogP contribution in [0.4, 0.5) is 0 Å². The summed E-state index contributed by atoms with van der Waals surface area (Å²) in [7, 11) is 7.53. The highest BCUT2D eigenvalue weighted by atomic mass is 32.1. The Kier molecular flexibility index (Phi) is 44.5. The van der Waals surface area contributed by atoms with Crippen LogP contribution < -0.4 is 24.7 Å². The zero-order valence-corrected chi connectivity index (χ0v) is 76.7. The van der Waals surface area contributed by atoms with E-state index >= 15 is 0 Å². The van der Waals surface area contributed by atoms with Gasteiger partial charge in [0.25, 0.3) is 5.97 Å². The molecule has 0 radical (unpaired) electrons. The molecule has 29 nitrogen and oxygen atoms in total. The zero-order chi connectivity index (χ0) is 87.9. The van der Waals surface area contributed by atoms with Crippen LogP contribution in [0, 0.1) is 41.4 Å². The summed E-state index contributed by atoms with van der Waals surface area (Å²) in [5, 5.41) is 25.2. The average molecular weight is 1740 g/mol. The van der Waals surface area contributed by atoms with Gasteiger partial charge in [-0.15, -0.1) is 0 Å². The molecule has 1 saturated heterocycles. The van der Waals surface area contributed by atoms with Gasteiger partial charge >= 0.3 is 53.7 Å².